The number of urea groups is 1. The van der Waals surface area contributed by atoms with Gasteiger partial charge in [0.1, 0.15) is 0 Å². The van der Waals surface area contributed by atoms with Gasteiger partial charge >= 0.3 is 6.03 Å². The summed E-state index contributed by atoms with van der Waals surface area (Å²) in [4.78, 5) is 16.3. The molecule has 7 heteroatoms. The monoisotopic (exact) mass is 322 g/mol. The van der Waals surface area contributed by atoms with Gasteiger partial charge in [-0.15, -0.1) is 0 Å². The third-order valence-electron chi connectivity index (χ3n) is 4.42. The van der Waals surface area contributed by atoms with Crippen LogP contribution in [0.5, 0.6) is 0 Å². The van der Waals surface area contributed by atoms with Crippen molar-refractivity contribution < 1.29 is 14.1 Å². The predicted molar refractivity (Wildman–Crippen MR) is 84.1 cm³/mol. The van der Waals surface area contributed by atoms with Crippen LogP contribution in [0.1, 0.15) is 57.2 Å². The van der Waals surface area contributed by atoms with Crippen LogP contribution >= 0.6 is 0 Å². The molecule has 0 bridgehead atoms. The number of hydrogen-bond acceptors (Lipinski definition) is 5. The number of nitrogens with zero attached hydrogens (tertiary/aromatic N) is 2. The summed E-state index contributed by atoms with van der Waals surface area (Å²) < 4.78 is 10.9. The Morgan fingerprint density at radius 3 is 2.87 bits per heavy atom. The molecule has 1 aliphatic heterocycles. The van der Waals surface area contributed by atoms with E-state index in [1.54, 1.807) is 0 Å². The molecule has 1 saturated carbocycles. The topological polar surface area (TPSA) is 89.3 Å². The Labute approximate surface area is 136 Å². The number of hydrogen-bond donors (Lipinski definition) is 2. The third-order valence-corrected chi connectivity index (χ3v) is 4.42. The molecule has 0 unspecified atom stereocenters. The van der Waals surface area contributed by atoms with Crippen LogP contribution in [0.2, 0.25) is 0 Å². The van der Waals surface area contributed by atoms with Crippen LogP contribution in [0.15, 0.2) is 4.52 Å². The Morgan fingerprint density at radius 1 is 1.35 bits per heavy atom. The van der Waals surface area contributed by atoms with Gasteiger partial charge in [-0.2, -0.15) is 4.98 Å². The lowest BCUT2D eigenvalue weighted by Gasteiger charge is -2.30. The van der Waals surface area contributed by atoms with Crippen LogP contribution in [0, 0.1) is 5.92 Å². The summed E-state index contributed by atoms with van der Waals surface area (Å²) in [5.74, 6) is 2.23. The minimum Gasteiger partial charge on any atom is -0.378 e. The SMILES string of the molecule is CC(C)c1noc(CCNC(=O)N[C@@H]2CCO[C@H](C3CC3)C2)n1. The van der Waals surface area contributed by atoms with Crippen molar-refractivity contribution >= 4 is 6.03 Å². The average molecular weight is 322 g/mol. The molecule has 2 fully saturated rings. The Balaban J connectivity index is 1.35. The quantitative estimate of drug-likeness (QED) is 0.836. The largest absolute Gasteiger partial charge is 0.378 e. The number of ether oxygens (including phenoxy) is 1. The molecule has 0 spiro atoms. The van der Waals surface area contributed by atoms with Crippen molar-refractivity contribution in [2.75, 3.05) is 13.2 Å². The summed E-state index contributed by atoms with van der Waals surface area (Å²) in [6.45, 7) is 5.26. The Kier molecular flexibility index (Phi) is 5.15. The van der Waals surface area contributed by atoms with Gasteiger partial charge in [0.25, 0.3) is 0 Å². The summed E-state index contributed by atoms with van der Waals surface area (Å²) >= 11 is 0. The average Bonchev–Trinajstić information content (AvgIpc) is 3.26. The van der Waals surface area contributed by atoms with E-state index in [1.807, 2.05) is 13.8 Å². The first-order valence-corrected chi connectivity index (χ1v) is 8.60. The van der Waals surface area contributed by atoms with Crippen LogP contribution in [0.25, 0.3) is 0 Å². The molecule has 2 aliphatic rings. The second-order valence-corrected chi connectivity index (χ2v) is 6.82. The molecule has 1 aromatic heterocycles. The maximum Gasteiger partial charge on any atom is 0.315 e. The second-order valence-electron chi connectivity index (χ2n) is 6.82. The van der Waals surface area contributed by atoms with Crippen molar-refractivity contribution in [3.05, 3.63) is 11.7 Å². The van der Waals surface area contributed by atoms with E-state index in [0.29, 0.717) is 30.8 Å². The van der Waals surface area contributed by atoms with Crippen LogP contribution in [-0.4, -0.2) is 41.5 Å². The molecule has 3 rings (SSSR count). The number of carbonyl (C=O) groups excluding carboxylic acids is 1. The highest BCUT2D eigenvalue weighted by Gasteiger charge is 2.36. The summed E-state index contributed by atoms with van der Waals surface area (Å²) in [6.07, 6.45) is 5.24. The van der Waals surface area contributed by atoms with Crippen LogP contribution in [0.3, 0.4) is 0 Å². The van der Waals surface area contributed by atoms with Crippen molar-refractivity contribution in [1.82, 2.24) is 20.8 Å². The Hall–Kier alpha value is -1.63. The molecular weight excluding hydrogens is 296 g/mol. The molecular formula is C16H26N4O3. The number of amides is 2. The van der Waals surface area contributed by atoms with Crippen molar-refractivity contribution in [3.63, 3.8) is 0 Å². The zero-order valence-corrected chi connectivity index (χ0v) is 13.9. The van der Waals surface area contributed by atoms with Gasteiger partial charge in [-0.05, 0) is 31.6 Å². The van der Waals surface area contributed by atoms with Crippen molar-refractivity contribution in [2.24, 2.45) is 5.92 Å². The van der Waals surface area contributed by atoms with Gasteiger partial charge in [-0.25, -0.2) is 4.79 Å². The van der Waals surface area contributed by atoms with Crippen molar-refractivity contribution in [3.8, 4) is 0 Å². The van der Waals surface area contributed by atoms with Crippen molar-refractivity contribution in [2.45, 2.75) is 64.0 Å². The Morgan fingerprint density at radius 2 is 2.17 bits per heavy atom. The van der Waals surface area contributed by atoms with Gasteiger partial charge in [0.2, 0.25) is 5.89 Å². The van der Waals surface area contributed by atoms with Crippen LogP contribution in [-0.2, 0) is 11.2 Å². The first-order chi connectivity index (χ1) is 11.1. The maximum atomic E-state index is 12.0. The molecule has 1 aromatic rings. The van der Waals surface area contributed by atoms with Gasteiger partial charge < -0.3 is 19.9 Å². The molecule has 2 amide bonds. The van der Waals surface area contributed by atoms with Gasteiger partial charge in [0.05, 0.1) is 6.10 Å². The molecule has 1 saturated heterocycles. The van der Waals surface area contributed by atoms with Gasteiger partial charge in [0, 0.05) is 31.5 Å². The van der Waals surface area contributed by atoms with Gasteiger partial charge in [0.15, 0.2) is 5.82 Å². The molecule has 128 valence electrons. The lowest BCUT2D eigenvalue weighted by molar-refractivity contribution is -0.00913. The van der Waals surface area contributed by atoms with Crippen LogP contribution < -0.4 is 10.6 Å². The fourth-order valence-electron chi connectivity index (χ4n) is 2.88. The fourth-order valence-corrected chi connectivity index (χ4v) is 2.88. The van der Waals surface area contributed by atoms with E-state index in [-0.39, 0.29) is 18.0 Å². The van der Waals surface area contributed by atoms with E-state index in [4.69, 9.17) is 9.26 Å². The summed E-state index contributed by atoms with van der Waals surface area (Å²) in [5.41, 5.74) is 0. The molecule has 2 N–H and O–H groups in total. The zero-order valence-electron chi connectivity index (χ0n) is 13.9. The molecule has 23 heavy (non-hydrogen) atoms. The van der Waals surface area contributed by atoms with Crippen molar-refractivity contribution in [1.29, 1.82) is 0 Å². The van der Waals surface area contributed by atoms with E-state index in [9.17, 15) is 4.79 Å². The standard InChI is InChI=1S/C16H26N4O3/c1-10(2)15-19-14(23-20-15)5-7-17-16(21)18-12-6-8-22-13(9-12)11-3-4-11/h10-13H,3-9H2,1-2H3,(H2,17,18,21)/t12-,13+/m1/s1. The minimum atomic E-state index is -0.130. The zero-order chi connectivity index (χ0) is 16.2. The molecule has 2 atom stereocenters. The highest BCUT2D eigenvalue weighted by molar-refractivity contribution is 5.74. The molecule has 7 nitrogen and oxygen atoms in total. The highest BCUT2D eigenvalue weighted by Crippen LogP contribution is 2.38. The summed E-state index contributed by atoms with van der Waals surface area (Å²) in [5, 5.41) is 9.81. The van der Waals surface area contributed by atoms with E-state index < -0.39 is 0 Å². The number of nitrogens with one attached hydrogen (secondary N) is 2. The number of aromatic nitrogens is 2. The smallest absolute Gasteiger partial charge is 0.315 e. The van der Waals surface area contributed by atoms with E-state index >= 15 is 0 Å². The minimum absolute atomic E-state index is 0.130. The lowest BCUT2D eigenvalue weighted by atomic mass is 10.0. The molecule has 2 heterocycles. The normalized spacial score (nSPS) is 24.7. The van der Waals surface area contributed by atoms with E-state index in [1.165, 1.54) is 12.8 Å². The maximum absolute atomic E-state index is 12.0. The Bertz CT molecular complexity index is 527. The number of rotatable bonds is 6. The highest BCUT2D eigenvalue weighted by atomic mass is 16.5. The molecule has 0 aromatic carbocycles. The lowest BCUT2D eigenvalue weighted by Crippen LogP contribution is -2.47. The third kappa shape index (κ3) is 4.67. The number of carbonyl (C=O) groups is 1. The summed E-state index contributed by atoms with van der Waals surface area (Å²) in [6, 6.07) is 0.0837. The van der Waals surface area contributed by atoms with Gasteiger partial charge in [-0.3, -0.25) is 0 Å². The van der Waals surface area contributed by atoms with E-state index in [2.05, 4.69) is 20.8 Å². The fraction of sp³-hybridized carbons (Fsp3) is 0.812. The molecule has 0 radical (unpaired) electrons. The van der Waals surface area contributed by atoms with E-state index in [0.717, 1.165) is 25.4 Å². The summed E-state index contributed by atoms with van der Waals surface area (Å²) in [7, 11) is 0. The predicted octanol–water partition coefficient (Wildman–Crippen LogP) is 1.99. The second kappa shape index (κ2) is 7.29. The van der Waals surface area contributed by atoms with Crippen LogP contribution in [0.4, 0.5) is 4.79 Å². The van der Waals surface area contributed by atoms with Gasteiger partial charge in [-0.1, -0.05) is 19.0 Å². The molecule has 1 aliphatic carbocycles. The first-order valence-electron chi connectivity index (χ1n) is 8.60. The first kappa shape index (κ1) is 16.2.